The third kappa shape index (κ3) is 2.99. The summed E-state index contributed by atoms with van der Waals surface area (Å²) in [4.78, 5) is 12.2. The summed E-state index contributed by atoms with van der Waals surface area (Å²) in [6, 6.07) is 6.78. The first-order valence-electron chi connectivity index (χ1n) is 7.08. The number of para-hydroxylation sites is 1. The topological polar surface area (TPSA) is 96.7 Å². The molecule has 0 saturated heterocycles. The molecule has 0 bridgehead atoms. The Morgan fingerprint density at radius 3 is 2.59 bits per heavy atom. The fraction of sp³-hybridized carbons (Fsp3) is 0.353. The highest BCUT2D eigenvalue weighted by Gasteiger charge is 2.22. The zero-order valence-electron chi connectivity index (χ0n) is 13.0. The van der Waals surface area contributed by atoms with Crippen LogP contribution >= 0.6 is 0 Å². The fourth-order valence-electron chi connectivity index (χ4n) is 2.33. The van der Waals surface area contributed by atoms with Crippen molar-refractivity contribution in [1.82, 2.24) is 0 Å². The van der Waals surface area contributed by atoms with Crippen molar-refractivity contribution in [2.75, 3.05) is 6.61 Å². The summed E-state index contributed by atoms with van der Waals surface area (Å²) in [7, 11) is 0. The molecule has 1 heterocycles. The first-order valence-corrected chi connectivity index (χ1v) is 7.08. The zero-order valence-corrected chi connectivity index (χ0v) is 13.0. The van der Waals surface area contributed by atoms with Gasteiger partial charge >= 0.3 is 5.63 Å². The van der Waals surface area contributed by atoms with E-state index in [0.717, 1.165) is 0 Å². The summed E-state index contributed by atoms with van der Waals surface area (Å²) in [5.74, 6) is -0.130. The van der Waals surface area contributed by atoms with Crippen molar-refractivity contribution in [3.8, 4) is 5.75 Å². The summed E-state index contributed by atoms with van der Waals surface area (Å²) < 4.78 is 5.25. The molecule has 0 saturated carbocycles. The Hall–Kier alpha value is -2.27. The van der Waals surface area contributed by atoms with Gasteiger partial charge in [0.25, 0.3) is 0 Å². The minimum absolute atomic E-state index is 0.0285. The number of aromatic hydroxyl groups is 1. The van der Waals surface area contributed by atoms with Gasteiger partial charge in [-0.2, -0.15) is 0 Å². The lowest BCUT2D eigenvalue weighted by molar-refractivity contribution is 0.159. The fourth-order valence-corrected chi connectivity index (χ4v) is 2.33. The van der Waals surface area contributed by atoms with Gasteiger partial charge in [-0.05, 0) is 36.5 Å². The quantitative estimate of drug-likeness (QED) is 0.754. The van der Waals surface area contributed by atoms with Gasteiger partial charge in [0, 0.05) is 12.3 Å². The van der Waals surface area contributed by atoms with Gasteiger partial charge in [-0.25, -0.2) is 4.79 Å². The smallest absolute Gasteiger partial charge is 0.347 e. The molecule has 1 aromatic carbocycles. The number of hydrogen-bond donors (Lipinski definition) is 3. The molecule has 0 radical (unpaired) electrons. The van der Waals surface area contributed by atoms with Gasteiger partial charge in [0.2, 0.25) is 0 Å². The van der Waals surface area contributed by atoms with E-state index in [1.165, 1.54) is 0 Å². The number of fused-ring (bicyclic) bond motifs is 1. The molecule has 5 nitrogen and oxygen atoms in total. The summed E-state index contributed by atoms with van der Waals surface area (Å²) in [5, 5.41) is 20.2. The van der Waals surface area contributed by atoms with Crippen LogP contribution in [0.5, 0.6) is 5.75 Å². The average Bonchev–Trinajstić information content (AvgIpc) is 2.46. The molecule has 22 heavy (non-hydrogen) atoms. The van der Waals surface area contributed by atoms with Crippen molar-refractivity contribution < 1.29 is 14.6 Å². The van der Waals surface area contributed by atoms with Crippen LogP contribution in [0, 0.1) is 5.41 Å². The Morgan fingerprint density at radius 1 is 1.32 bits per heavy atom. The third-order valence-electron chi connectivity index (χ3n) is 3.74. The molecule has 1 aromatic heterocycles. The zero-order chi connectivity index (χ0) is 16.5. The van der Waals surface area contributed by atoms with Gasteiger partial charge in [-0.15, -0.1) is 0 Å². The molecule has 0 aliphatic rings. The number of rotatable bonds is 4. The molecule has 0 unspecified atom stereocenters. The molecule has 118 valence electrons. The van der Waals surface area contributed by atoms with Crippen LogP contribution in [0.4, 0.5) is 0 Å². The van der Waals surface area contributed by atoms with Gasteiger partial charge in [0.15, 0.2) is 0 Å². The number of nitrogens with two attached hydrogens (primary N) is 1. The summed E-state index contributed by atoms with van der Waals surface area (Å²) in [6.07, 6.45) is 0.404. The minimum Gasteiger partial charge on any atom is -0.506 e. The third-order valence-corrected chi connectivity index (χ3v) is 3.74. The largest absolute Gasteiger partial charge is 0.506 e. The molecule has 4 N–H and O–H groups in total. The van der Waals surface area contributed by atoms with Crippen molar-refractivity contribution in [3.05, 3.63) is 45.9 Å². The Balaban J connectivity index is 2.61. The van der Waals surface area contributed by atoms with Gasteiger partial charge in [0.05, 0.1) is 5.39 Å². The maximum absolute atomic E-state index is 12.2. The highest BCUT2D eigenvalue weighted by atomic mass is 16.4. The molecule has 0 aliphatic carbocycles. The maximum atomic E-state index is 12.2. The maximum Gasteiger partial charge on any atom is 0.347 e. The van der Waals surface area contributed by atoms with E-state index in [9.17, 15) is 15.0 Å². The second-order valence-electron chi connectivity index (χ2n) is 6.26. The number of aliphatic hydroxyl groups is 1. The lowest BCUT2D eigenvalue weighted by Crippen LogP contribution is -2.21. The standard InChI is InChI=1S/C17H21NO4/c1-10(12(18)8-17(2,3)9-19)14-15(20)11-6-4-5-7-13(11)22-16(14)21/h4-7,19-20H,8-9,18H2,1-3H3/b12-10-. The molecule has 0 amide bonds. The highest BCUT2D eigenvalue weighted by molar-refractivity contribution is 5.88. The van der Waals surface area contributed by atoms with Crippen LogP contribution in [0.2, 0.25) is 0 Å². The van der Waals surface area contributed by atoms with Gasteiger partial charge in [-0.3, -0.25) is 0 Å². The molecule has 5 heteroatoms. The van der Waals surface area contributed by atoms with Crippen molar-refractivity contribution in [2.45, 2.75) is 27.2 Å². The predicted molar refractivity (Wildman–Crippen MR) is 86.4 cm³/mol. The Kier molecular flexibility index (Phi) is 4.28. The SMILES string of the molecule is C/C(=C(/N)CC(C)(C)CO)c1c(O)c2ccccc2oc1=O. The molecule has 0 spiro atoms. The lowest BCUT2D eigenvalue weighted by atomic mass is 9.87. The van der Waals surface area contributed by atoms with Gasteiger partial charge in [-0.1, -0.05) is 26.0 Å². The predicted octanol–water partition coefficient (Wildman–Crippen LogP) is 2.60. The van der Waals surface area contributed by atoms with Crippen LogP contribution in [0.3, 0.4) is 0 Å². The van der Waals surface area contributed by atoms with Crippen molar-refractivity contribution in [1.29, 1.82) is 0 Å². The monoisotopic (exact) mass is 303 g/mol. The highest BCUT2D eigenvalue weighted by Crippen LogP contribution is 2.33. The van der Waals surface area contributed by atoms with Crippen LogP contribution in [0.1, 0.15) is 32.8 Å². The van der Waals surface area contributed by atoms with E-state index in [0.29, 0.717) is 28.7 Å². The lowest BCUT2D eigenvalue weighted by Gasteiger charge is -2.22. The summed E-state index contributed by atoms with van der Waals surface area (Å²) in [6.45, 7) is 5.38. The number of benzene rings is 1. The van der Waals surface area contributed by atoms with Crippen LogP contribution in [-0.2, 0) is 0 Å². The molecular weight excluding hydrogens is 282 g/mol. The van der Waals surface area contributed by atoms with Crippen LogP contribution in [0.15, 0.2) is 39.2 Å². The van der Waals surface area contributed by atoms with E-state index in [-0.39, 0.29) is 17.9 Å². The van der Waals surface area contributed by atoms with E-state index in [2.05, 4.69) is 0 Å². The second kappa shape index (κ2) is 5.85. The number of hydrogen-bond acceptors (Lipinski definition) is 5. The molecular formula is C17H21NO4. The molecule has 0 fully saturated rings. The second-order valence-corrected chi connectivity index (χ2v) is 6.26. The number of allylic oxidation sites excluding steroid dienone is 2. The molecule has 0 aliphatic heterocycles. The van der Waals surface area contributed by atoms with E-state index < -0.39 is 11.0 Å². The molecule has 2 aromatic rings. The molecule has 2 rings (SSSR count). The van der Waals surface area contributed by atoms with Crippen LogP contribution < -0.4 is 11.4 Å². The van der Waals surface area contributed by atoms with E-state index >= 15 is 0 Å². The van der Waals surface area contributed by atoms with E-state index in [1.807, 2.05) is 13.8 Å². The van der Waals surface area contributed by atoms with Crippen molar-refractivity contribution in [2.24, 2.45) is 11.1 Å². The minimum atomic E-state index is -0.626. The van der Waals surface area contributed by atoms with Crippen LogP contribution in [-0.4, -0.2) is 16.8 Å². The Labute approximate surface area is 128 Å². The first-order chi connectivity index (χ1) is 10.3. The Bertz CT molecular complexity index is 787. The normalized spacial score (nSPS) is 13.3. The average molecular weight is 303 g/mol. The number of aliphatic hydroxyl groups excluding tert-OH is 1. The van der Waals surface area contributed by atoms with Gasteiger partial charge in [0.1, 0.15) is 16.9 Å². The van der Waals surface area contributed by atoms with Gasteiger partial charge < -0.3 is 20.4 Å². The summed E-state index contributed by atoms with van der Waals surface area (Å²) >= 11 is 0. The van der Waals surface area contributed by atoms with Crippen molar-refractivity contribution in [3.63, 3.8) is 0 Å². The van der Waals surface area contributed by atoms with Crippen molar-refractivity contribution >= 4 is 16.5 Å². The van der Waals surface area contributed by atoms with E-state index in [1.54, 1.807) is 31.2 Å². The summed E-state index contributed by atoms with van der Waals surface area (Å²) in [5.41, 5.74) is 6.35. The molecule has 0 atom stereocenters. The van der Waals surface area contributed by atoms with E-state index in [4.69, 9.17) is 10.2 Å². The Morgan fingerprint density at radius 2 is 1.95 bits per heavy atom. The van der Waals surface area contributed by atoms with Crippen LogP contribution in [0.25, 0.3) is 16.5 Å². The first kappa shape index (κ1) is 16.1.